The maximum atomic E-state index is 11.8. The van der Waals surface area contributed by atoms with Crippen LogP contribution in [-0.2, 0) is 4.79 Å². The van der Waals surface area contributed by atoms with Crippen molar-refractivity contribution in [1.82, 2.24) is 10.6 Å². The molecule has 17 heavy (non-hydrogen) atoms. The quantitative estimate of drug-likeness (QED) is 0.699. The zero-order valence-corrected chi connectivity index (χ0v) is 9.22. The lowest BCUT2D eigenvalue weighted by molar-refractivity contribution is -0.139. The monoisotopic (exact) mass is 234 g/mol. The van der Waals surface area contributed by atoms with E-state index in [1.165, 1.54) is 0 Å². The van der Waals surface area contributed by atoms with Gasteiger partial charge in [0.2, 0.25) is 0 Å². The Morgan fingerprint density at radius 2 is 2.00 bits per heavy atom. The van der Waals surface area contributed by atoms with Gasteiger partial charge < -0.3 is 15.7 Å². The van der Waals surface area contributed by atoms with Gasteiger partial charge in [-0.15, -0.1) is 0 Å². The fourth-order valence-corrected chi connectivity index (χ4v) is 1.89. The van der Waals surface area contributed by atoms with Gasteiger partial charge in [-0.1, -0.05) is 18.2 Å². The van der Waals surface area contributed by atoms with E-state index in [0.29, 0.717) is 18.5 Å². The van der Waals surface area contributed by atoms with E-state index in [1.54, 1.807) is 24.3 Å². The number of hydrogen-bond donors (Lipinski definition) is 3. The van der Waals surface area contributed by atoms with Gasteiger partial charge in [0.05, 0.1) is 0 Å². The highest BCUT2D eigenvalue weighted by Gasteiger charge is 2.29. The zero-order valence-electron chi connectivity index (χ0n) is 9.22. The molecular weight excluding hydrogens is 220 g/mol. The smallest absolute Gasteiger partial charge is 0.320 e. The molecule has 5 heteroatoms. The molecular formula is C12H14N2O3. The summed E-state index contributed by atoms with van der Waals surface area (Å²) in [7, 11) is 0. The largest absolute Gasteiger partial charge is 0.480 e. The van der Waals surface area contributed by atoms with E-state index >= 15 is 0 Å². The van der Waals surface area contributed by atoms with Crippen molar-refractivity contribution in [3.05, 3.63) is 35.9 Å². The van der Waals surface area contributed by atoms with Gasteiger partial charge in [0.25, 0.3) is 5.91 Å². The van der Waals surface area contributed by atoms with Crippen LogP contribution < -0.4 is 10.6 Å². The van der Waals surface area contributed by atoms with E-state index in [1.807, 2.05) is 6.07 Å². The molecule has 0 radical (unpaired) electrons. The molecule has 0 spiro atoms. The predicted octanol–water partition coefficient (Wildman–Crippen LogP) is 0.232. The number of hydrogen-bond acceptors (Lipinski definition) is 3. The van der Waals surface area contributed by atoms with E-state index < -0.39 is 12.0 Å². The average Bonchev–Trinajstić information content (AvgIpc) is 2.79. The summed E-state index contributed by atoms with van der Waals surface area (Å²) in [5.74, 6) is -1.04. The summed E-state index contributed by atoms with van der Waals surface area (Å²) in [6.07, 6.45) is 0.425. The Hall–Kier alpha value is -1.88. The standard InChI is InChI=1S/C12H14N2O3/c15-11(8-4-2-1-3-5-8)14-9-6-10(12(16)17)13-7-9/h1-5,9-10,13H,6-7H2,(H,14,15)(H,16,17)/t9?,10-/m0/s1. The van der Waals surface area contributed by atoms with Crippen LogP contribution in [0.5, 0.6) is 0 Å². The Morgan fingerprint density at radius 1 is 1.29 bits per heavy atom. The molecule has 1 unspecified atom stereocenters. The molecule has 1 aliphatic heterocycles. The second kappa shape index (κ2) is 4.97. The van der Waals surface area contributed by atoms with Crippen LogP contribution in [0.3, 0.4) is 0 Å². The minimum Gasteiger partial charge on any atom is -0.480 e. The third kappa shape index (κ3) is 2.82. The molecule has 90 valence electrons. The van der Waals surface area contributed by atoms with Crippen molar-refractivity contribution in [3.8, 4) is 0 Å². The third-order valence-electron chi connectivity index (χ3n) is 2.80. The van der Waals surface area contributed by atoms with Gasteiger partial charge in [-0.2, -0.15) is 0 Å². The fraction of sp³-hybridized carbons (Fsp3) is 0.333. The van der Waals surface area contributed by atoms with Gasteiger partial charge in [0.15, 0.2) is 0 Å². The van der Waals surface area contributed by atoms with Crippen molar-refractivity contribution >= 4 is 11.9 Å². The van der Waals surface area contributed by atoms with Crippen LogP contribution in [0, 0.1) is 0 Å². The molecule has 5 nitrogen and oxygen atoms in total. The minimum atomic E-state index is -0.874. The normalized spacial score (nSPS) is 23.3. The first-order valence-corrected chi connectivity index (χ1v) is 5.49. The van der Waals surface area contributed by atoms with E-state index in [0.717, 1.165) is 0 Å². The Bertz CT molecular complexity index is 419. The molecule has 0 bridgehead atoms. The highest BCUT2D eigenvalue weighted by atomic mass is 16.4. The van der Waals surface area contributed by atoms with Crippen molar-refractivity contribution < 1.29 is 14.7 Å². The summed E-state index contributed by atoms with van der Waals surface area (Å²) in [5, 5.41) is 14.5. The minimum absolute atomic E-state index is 0.121. The molecule has 2 rings (SSSR count). The first-order chi connectivity index (χ1) is 8.16. The number of carbonyl (C=O) groups excluding carboxylic acids is 1. The summed E-state index contributed by atoms with van der Waals surface area (Å²) in [4.78, 5) is 22.5. The Kier molecular flexibility index (Phi) is 3.39. The van der Waals surface area contributed by atoms with Crippen molar-refractivity contribution in [1.29, 1.82) is 0 Å². The van der Waals surface area contributed by atoms with Crippen LogP contribution in [0.4, 0.5) is 0 Å². The van der Waals surface area contributed by atoms with E-state index in [9.17, 15) is 9.59 Å². The van der Waals surface area contributed by atoms with Crippen LogP contribution in [0.25, 0.3) is 0 Å². The lowest BCUT2D eigenvalue weighted by Crippen LogP contribution is -2.36. The van der Waals surface area contributed by atoms with Crippen LogP contribution in [0.15, 0.2) is 30.3 Å². The summed E-state index contributed by atoms with van der Waals surface area (Å²) in [6.45, 7) is 0.496. The van der Waals surface area contributed by atoms with Crippen molar-refractivity contribution in [3.63, 3.8) is 0 Å². The summed E-state index contributed by atoms with van der Waals surface area (Å²) < 4.78 is 0. The molecule has 1 aromatic rings. The molecule has 1 fully saturated rings. The first-order valence-electron chi connectivity index (χ1n) is 5.49. The van der Waals surface area contributed by atoms with Crippen LogP contribution in [-0.4, -0.2) is 35.6 Å². The number of amides is 1. The Balaban J connectivity index is 1.91. The average molecular weight is 234 g/mol. The van der Waals surface area contributed by atoms with Gasteiger partial charge in [-0.05, 0) is 18.6 Å². The topological polar surface area (TPSA) is 78.4 Å². The summed E-state index contributed by atoms with van der Waals surface area (Å²) in [6, 6.07) is 8.21. The van der Waals surface area contributed by atoms with Crippen LogP contribution in [0.1, 0.15) is 16.8 Å². The molecule has 3 N–H and O–H groups in total. The zero-order chi connectivity index (χ0) is 12.3. The molecule has 1 heterocycles. The number of aliphatic carboxylic acids is 1. The predicted molar refractivity (Wildman–Crippen MR) is 61.7 cm³/mol. The summed E-state index contributed by atoms with van der Waals surface area (Å²) >= 11 is 0. The summed E-state index contributed by atoms with van der Waals surface area (Å²) in [5.41, 5.74) is 0.589. The van der Waals surface area contributed by atoms with Crippen LogP contribution in [0.2, 0.25) is 0 Å². The number of nitrogens with one attached hydrogen (secondary N) is 2. The molecule has 2 atom stereocenters. The lowest BCUT2D eigenvalue weighted by atomic mass is 10.1. The molecule has 1 aromatic carbocycles. The van der Waals surface area contributed by atoms with Gasteiger partial charge in [0.1, 0.15) is 6.04 Å². The maximum Gasteiger partial charge on any atom is 0.320 e. The Morgan fingerprint density at radius 3 is 2.59 bits per heavy atom. The third-order valence-corrected chi connectivity index (χ3v) is 2.80. The van der Waals surface area contributed by atoms with Gasteiger partial charge in [0, 0.05) is 18.2 Å². The van der Waals surface area contributed by atoms with Crippen molar-refractivity contribution in [2.75, 3.05) is 6.54 Å². The first kappa shape index (κ1) is 11.6. The molecule has 0 aromatic heterocycles. The molecule has 1 amide bonds. The second-order valence-electron chi connectivity index (χ2n) is 4.07. The molecule has 1 saturated heterocycles. The van der Waals surface area contributed by atoms with Gasteiger partial charge in [-0.25, -0.2) is 0 Å². The maximum absolute atomic E-state index is 11.8. The Labute approximate surface area is 98.8 Å². The van der Waals surface area contributed by atoms with Crippen molar-refractivity contribution in [2.24, 2.45) is 0 Å². The molecule has 0 saturated carbocycles. The number of rotatable bonds is 3. The SMILES string of the molecule is O=C(NC1CN[C@H](C(=O)O)C1)c1ccccc1. The van der Waals surface area contributed by atoms with Crippen molar-refractivity contribution in [2.45, 2.75) is 18.5 Å². The fourth-order valence-electron chi connectivity index (χ4n) is 1.89. The van der Waals surface area contributed by atoms with E-state index in [2.05, 4.69) is 10.6 Å². The second-order valence-corrected chi connectivity index (χ2v) is 4.07. The number of benzene rings is 1. The molecule has 1 aliphatic rings. The lowest BCUT2D eigenvalue weighted by Gasteiger charge is -2.11. The van der Waals surface area contributed by atoms with Gasteiger partial charge >= 0.3 is 5.97 Å². The van der Waals surface area contributed by atoms with E-state index in [-0.39, 0.29) is 11.9 Å². The van der Waals surface area contributed by atoms with Gasteiger partial charge in [-0.3, -0.25) is 9.59 Å². The highest BCUT2D eigenvalue weighted by molar-refractivity contribution is 5.94. The van der Waals surface area contributed by atoms with E-state index in [4.69, 9.17) is 5.11 Å². The number of carboxylic acid groups (broad SMARTS) is 1. The molecule has 0 aliphatic carbocycles. The number of carbonyl (C=O) groups is 2. The number of carboxylic acids is 1. The van der Waals surface area contributed by atoms with Crippen LogP contribution >= 0.6 is 0 Å². The highest BCUT2D eigenvalue weighted by Crippen LogP contribution is 2.08.